The maximum absolute atomic E-state index is 11.9. The molecule has 5 N–H and O–H groups in total. The molecule has 22 heavy (non-hydrogen) atoms. The van der Waals surface area contributed by atoms with Crippen molar-refractivity contribution >= 4 is 27.5 Å². The van der Waals surface area contributed by atoms with Gasteiger partial charge < -0.3 is 16.4 Å². The highest BCUT2D eigenvalue weighted by Crippen LogP contribution is 2.13. The van der Waals surface area contributed by atoms with E-state index in [4.69, 9.17) is 5.73 Å². The van der Waals surface area contributed by atoms with Crippen molar-refractivity contribution in [2.45, 2.75) is 18.2 Å². The molecule has 0 atom stereocenters. The summed E-state index contributed by atoms with van der Waals surface area (Å²) in [5.74, 6) is -0.861. The van der Waals surface area contributed by atoms with Crippen molar-refractivity contribution in [3.05, 3.63) is 24.3 Å². The third-order valence-electron chi connectivity index (χ3n) is 2.62. The molecule has 0 fully saturated rings. The molecule has 1 rings (SSSR count). The molecule has 0 bridgehead atoms. The van der Waals surface area contributed by atoms with E-state index >= 15 is 0 Å². The van der Waals surface area contributed by atoms with E-state index in [2.05, 4.69) is 15.4 Å². The molecule has 0 radical (unpaired) electrons. The summed E-state index contributed by atoms with van der Waals surface area (Å²) in [4.78, 5) is 22.6. The Morgan fingerprint density at radius 2 is 1.77 bits per heavy atom. The molecular formula is C13H20N4O4S. The number of benzene rings is 1. The van der Waals surface area contributed by atoms with Crippen molar-refractivity contribution in [1.82, 2.24) is 10.0 Å². The highest BCUT2D eigenvalue weighted by Gasteiger charge is 2.13. The summed E-state index contributed by atoms with van der Waals surface area (Å²) in [7, 11) is -3.53. The molecular weight excluding hydrogens is 308 g/mol. The first kappa shape index (κ1) is 18.1. The zero-order valence-electron chi connectivity index (χ0n) is 12.3. The minimum absolute atomic E-state index is 0.121. The van der Waals surface area contributed by atoms with E-state index in [9.17, 15) is 18.0 Å². The molecule has 0 aliphatic carbocycles. The second kappa shape index (κ2) is 8.47. The highest BCUT2D eigenvalue weighted by atomic mass is 32.2. The molecule has 8 nitrogen and oxygen atoms in total. The fraction of sp³-hybridized carbons (Fsp3) is 0.385. The third-order valence-corrected chi connectivity index (χ3v) is 4.10. The Balaban J connectivity index is 2.61. The van der Waals surface area contributed by atoms with Crippen molar-refractivity contribution in [3.8, 4) is 0 Å². The van der Waals surface area contributed by atoms with Crippen LogP contribution in [-0.4, -0.2) is 39.9 Å². The molecule has 0 spiro atoms. The number of nitrogens with two attached hydrogens (primary N) is 1. The molecule has 0 unspecified atom stereocenters. The topological polar surface area (TPSA) is 130 Å². The molecule has 122 valence electrons. The van der Waals surface area contributed by atoms with Crippen molar-refractivity contribution in [2.75, 3.05) is 25.0 Å². The van der Waals surface area contributed by atoms with E-state index in [0.717, 1.165) is 0 Å². The Hall–Kier alpha value is -1.97. The molecule has 0 aliphatic heterocycles. The lowest BCUT2D eigenvalue weighted by molar-refractivity contribution is -0.123. The first-order valence-corrected chi connectivity index (χ1v) is 8.23. The maximum Gasteiger partial charge on any atom is 0.243 e. The second-order valence-corrected chi connectivity index (χ2v) is 6.22. The van der Waals surface area contributed by atoms with Gasteiger partial charge in [0.05, 0.1) is 18.0 Å². The SMILES string of the molecule is CCCNS(=O)(=O)c1ccc(NC(=O)CNC(=O)CN)cc1. The van der Waals surface area contributed by atoms with Gasteiger partial charge in [-0.3, -0.25) is 9.59 Å². The van der Waals surface area contributed by atoms with Gasteiger partial charge in [0, 0.05) is 12.2 Å². The lowest BCUT2D eigenvalue weighted by Gasteiger charge is -2.08. The van der Waals surface area contributed by atoms with Crippen molar-refractivity contribution in [3.63, 3.8) is 0 Å². The molecule has 1 aromatic carbocycles. The number of anilines is 1. The Kier molecular flexibility index (Phi) is 6.96. The zero-order chi connectivity index (χ0) is 16.6. The number of nitrogens with one attached hydrogen (secondary N) is 3. The van der Waals surface area contributed by atoms with Gasteiger partial charge in [0.1, 0.15) is 0 Å². The first-order chi connectivity index (χ1) is 10.4. The number of amides is 2. The summed E-state index contributed by atoms with van der Waals surface area (Å²) in [5, 5.41) is 4.86. The fourth-order valence-electron chi connectivity index (χ4n) is 1.49. The molecule has 9 heteroatoms. The van der Waals surface area contributed by atoms with Crippen LogP contribution >= 0.6 is 0 Å². The molecule has 0 aliphatic rings. The van der Waals surface area contributed by atoms with Crippen LogP contribution in [0.5, 0.6) is 0 Å². The van der Waals surface area contributed by atoms with Crippen molar-refractivity contribution < 1.29 is 18.0 Å². The van der Waals surface area contributed by atoms with Gasteiger partial charge in [-0.2, -0.15) is 0 Å². The van der Waals surface area contributed by atoms with E-state index in [-0.39, 0.29) is 18.0 Å². The van der Waals surface area contributed by atoms with Crippen LogP contribution in [0.1, 0.15) is 13.3 Å². The summed E-state index contributed by atoms with van der Waals surface area (Å²) in [5.41, 5.74) is 5.53. The Morgan fingerprint density at radius 1 is 1.14 bits per heavy atom. The van der Waals surface area contributed by atoms with Gasteiger partial charge in [0.2, 0.25) is 21.8 Å². The quantitative estimate of drug-likeness (QED) is 0.505. The van der Waals surface area contributed by atoms with Crippen LogP contribution in [0.25, 0.3) is 0 Å². The lowest BCUT2D eigenvalue weighted by atomic mass is 10.3. The molecule has 1 aromatic rings. The minimum atomic E-state index is -3.53. The van der Waals surface area contributed by atoms with Crippen LogP contribution in [-0.2, 0) is 19.6 Å². The Bertz CT molecular complexity index is 613. The van der Waals surface area contributed by atoms with Gasteiger partial charge in [-0.1, -0.05) is 6.92 Å². The summed E-state index contributed by atoms with van der Waals surface area (Å²) in [6.45, 7) is 1.84. The maximum atomic E-state index is 11.9. The van der Waals surface area contributed by atoms with E-state index in [1.165, 1.54) is 24.3 Å². The molecule has 0 heterocycles. The molecule has 0 aromatic heterocycles. The number of sulfonamides is 1. The average molecular weight is 328 g/mol. The van der Waals surface area contributed by atoms with Gasteiger partial charge in [-0.05, 0) is 30.7 Å². The summed E-state index contributed by atoms with van der Waals surface area (Å²) >= 11 is 0. The van der Waals surface area contributed by atoms with Crippen LogP contribution in [0.2, 0.25) is 0 Å². The van der Waals surface area contributed by atoms with Crippen LogP contribution < -0.4 is 21.1 Å². The van der Waals surface area contributed by atoms with Crippen molar-refractivity contribution in [1.29, 1.82) is 0 Å². The largest absolute Gasteiger partial charge is 0.346 e. The molecule has 0 saturated carbocycles. The predicted molar refractivity (Wildman–Crippen MR) is 82.6 cm³/mol. The molecule has 0 saturated heterocycles. The minimum Gasteiger partial charge on any atom is -0.346 e. The number of hydrogen-bond acceptors (Lipinski definition) is 5. The number of carbonyl (C=O) groups excluding carboxylic acids is 2. The van der Waals surface area contributed by atoms with Crippen LogP contribution in [0, 0.1) is 0 Å². The summed E-state index contributed by atoms with van der Waals surface area (Å²) in [6, 6.07) is 5.74. The van der Waals surface area contributed by atoms with E-state index in [0.29, 0.717) is 18.7 Å². The van der Waals surface area contributed by atoms with Gasteiger partial charge in [-0.25, -0.2) is 13.1 Å². The average Bonchev–Trinajstić information content (AvgIpc) is 2.51. The van der Waals surface area contributed by atoms with Gasteiger partial charge in [0.25, 0.3) is 0 Å². The Labute approximate surface area is 129 Å². The standard InChI is InChI=1S/C13H20N4O4S/c1-2-7-16-22(20,21)11-5-3-10(4-6-11)17-13(19)9-15-12(18)8-14/h3-6,16H,2,7-9,14H2,1H3,(H,15,18)(H,17,19). The first-order valence-electron chi connectivity index (χ1n) is 6.75. The monoisotopic (exact) mass is 328 g/mol. The normalized spacial score (nSPS) is 11.0. The fourth-order valence-corrected chi connectivity index (χ4v) is 2.63. The van der Waals surface area contributed by atoms with E-state index < -0.39 is 21.8 Å². The van der Waals surface area contributed by atoms with Gasteiger partial charge in [-0.15, -0.1) is 0 Å². The smallest absolute Gasteiger partial charge is 0.243 e. The Morgan fingerprint density at radius 3 is 2.32 bits per heavy atom. The van der Waals surface area contributed by atoms with Crippen LogP contribution in [0.4, 0.5) is 5.69 Å². The number of rotatable bonds is 8. The van der Waals surface area contributed by atoms with Crippen molar-refractivity contribution in [2.24, 2.45) is 5.73 Å². The van der Waals surface area contributed by atoms with Crippen LogP contribution in [0.3, 0.4) is 0 Å². The number of carbonyl (C=O) groups is 2. The number of hydrogen-bond donors (Lipinski definition) is 4. The zero-order valence-corrected chi connectivity index (χ0v) is 13.1. The third kappa shape index (κ3) is 5.80. The van der Waals surface area contributed by atoms with E-state index in [1.54, 1.807) is 0 Å². The predicted octanol–water partition coefficient (Wildman–Crippen LogP) is -0.612. The molecule has 2 amide bonds. The van der Waals surface area contributed by atoms with Crippen LogP contribution in [0.15, 0.2) is 29.2 Å². The summed E-state index contributed by atoms with van der Waals surface area (Å²) < 4.78 is 26.2. The van der Waals surface area contributed by atoms with E-state index in [1.807, 2.05) is 6.92 Å². The van der Waals surface area contributed by atoms with Gasteiger partial charge >= 0.3 is 0 Å². The summed E-state index contributed by atoms with van der Waals surface area (Å²) in [6.07, 6.45) is 0.696. The second-order valence-electron chi connectivity index (χ2n) is 4.45. The lowest BCUT2D eigenvalue weighted by Crippen LogP contribution is -2.36. The van der Waals surface area contributed by atoms with Gasteiger partial charge in [0.15, 0.2) is 0 Å². The highest BCUT2D eigenvalue weighted by molar-refractivity contribution is 7.89.